The molecule has 0 heteroatoms. The Labute approximate surface area is 137 Å². The zero-order valence-corrected chi connectivity index (χ0v) is 13.9. The van der Waals surface area contributed by atoms with Crippen LogP contribution >= 0.6 is 0 Å². The standard InChI is InChI=1S/C23H20/c1-15-8-4-5-9-19(15)18-12-13-22-16(2)20-10-6-7-11-21(20)17(3)23(22)14-18/h4-14H,1-3H3. The summed E-state index contributed by atoms with van der Waals surface area (Å²) in [7, 11) is 0. The molecule has 23 heavy (non-hydrogen) atoms. The minimum atomic E-state index is 1.30. The van der Waals surface area contributed by atoms with E-state index in [0.717, 1.165) is 0 Å². The maximum atomic E-state index is 2.35. The molecule has 0 aromatic heterocycles. The van der Waals surface area contributed by atoms with Crippen LogP contribution in [-0.2, 0) is 0 Å². The molecule has 0 saturated carbocycles. The molecular formula is C23H20. The van der Waals surface area contributed by atoms with Gasteiger partial charge in [-0.15, -0.1) is 0 Å². The molecule has 0 nitrogen and oxygen atoms in total. The highest BCUT2D eigenvalue weighted by atomic mass is 14.1. The summed E-state index contributed by atoms with van der Waals surface area (Å²) < 4.78 is 0. The van der Waals surface area contributed by atoms with Crippen molar-refractivity contribution < 1.29 is 0 Å². The van der Waals surface area contributed by atoms with Crippen LogP contribution in [0, 0.1) is 20.8 Å². The molecule has 0 spiro atoms. The predicted molar refractivity (Wildman–Crippen MR) is 101 cm³/mol. The number of aryl methyl sites for hydroxylation is 3. The van der Waals surface area contributed by atoms with E-state index in [0.29, 0.717) is 0 Å². The number of hydrogen-bond donors (Lipinski definition) is 0. The van der Waals surface area contributed by atoms with Crippen molar-refractivity contribution in [3.63, 3.8) is 0 Å². The fourth-order valence-electron chi connectivity index (χ4n) is 3.67. The van der Waals surface area contributed by atoms with E-state index in [1.165, 1.54) is 49.4 Å². The average molecular weight is 296 g/mol. The summed E-state index contributed by atoms with van der Waals surface area (Å²) in [6, 6.07) is 24.2. The molecule has 0 N–H and O–H groups in total. The van der Waals surface area contributed by atoms with Gasteiger partial charge in [-0.2, -0.15) is 0 Å². The molecule has 0 aliphatic heterocycles. The Kier molecular flexibility index (Phi) is 3.20. The van der Waals surface area contributed by atoms with E-state index >= 15 is 0 Å². The molecule has 0 unspecified atom stereocenters. The minimum Gasteiger partial charge on any atom is -0.0620 e. The van der Waals surface area contributed by atoms with Gasteiger partial charge in [0.1, 0.15) is 0 Å². The Balaban J connectivity index is 2.08. The van der Waals surface area contributed by atoms with Crippen LogP contribution in [0.15, 0.2) is 66.7 Å². The lowest BCUT2D eigenvalue weighted by molar-refractivity contribution is 1.46. The predicted octanol–water partition coefficient (Wildman–Crippen LogP) is 6.59. The molecular weight excluding hydrogens is 276 g/mol. The van der Waals surface area contributed by atoms with Gasteiger partial charge < -0.3 is 0 Å². The SMILES string of the molecule is Cc1ccccc1-c1ccc2c(C)c3ccccc3c(C)c2c1. The van der Waals surface area contributed by atoms with Crippen molar-refractivity contribution >= 4 is 21.5 Å². The second kappa shape index (κ2) is 5.24. The third-order valence-corrected chi connectivity index (χ3v) is 5.02. The molecule has 0 heterocycles. The summed E-state index contributed by atoms with van der Waals surface area (Å²) in [5.41, 5.74) is 6.68. The van der Waals surface area contributed by atoms with E-state index in [2.05, 4.69) is 87.5 Å². The van der Waals surface area contributed by atoms with Gasteiger partial charge in [0.15, 0.2) is 0 Å². The van der Waals surface area contributed by atoms with Crippen molar-refractivity contribution in [1.29, 1.82) is 0 Å². The topological polar surface area (TPSA) is 0 Å². The molecule has 0 aliphatic rings. The normalized spacial score (nSPS) is 11.3. The fourth-order valence-corrected chi connectivity index (χ4v) is 3.67. The number of hydrogen-bond acceptors (Lipinski definition) is 0. The monoisotopic (exact) mass is 296 g/mol. The van der Waals surface area contributed by atoms with Gasteiger partial charge in [0.2, 0.25) is 0 Å². The molecule has 0 bridgehead atoms. The van der Waals surface area contributed by atoms with Crippen molar-refractivity contribution in [2.75, 3.05) is 0 Å². The van der Waals surface area contributed by atoms with Crippen LogP contribution < -0.4 is 0 Å². The molecule has 0 atom stereocenters. The first-order chi connectivity index (χ1) is 11.2. The first kappa shape index (κ1) is 14.0. The van der Waals surface area contributed by atoms with Gasteiger partial charge in [-0.05, 0) is 76.2 Å². The minimum absolute atomic E-state index is 1.30. The Morgan fingerprint density at radius 2 is 1.09 bits per heavy atom. The van der Waals surface area contributed by atoms with E-state index in [-0.39, 0.29) is 0 Å². The maximum absolute atomic E-state index is 2.35. The highest BCUT2D eigenvalue weighted by Crippen LogP contribution is 2.35. The summed E-state index contributed by atoms with van der Waals surface area (Å²) in [5, 5.41) is 5.45. The Morgan fingerprint density at radius 3 is 1.78 bits per heavy atom. The lowest BCUT2D eigenvalue weighted by Gasteiger charge is -2.14. The van der Waals surface area contributed by atoms with Crippen molar-refractivity contribution in [3.8, 4) is 11.1 Å². The van der Waals surface area contributed by atoms with Crippen LogP contribution in [-0.4, -0.2) is 0 Å². The van der Waals surface area contributed by atoms with Crippen LogP contribution in [0.5, 0.6) is 0 Å². The quantitative estimate of drug-likeness (QED) is 0.348. The number of fused-ring (bicyclic) bond motifs is 2. The summed E-state index contributed by atoms with van der Waals surface area (Å²) in [5.74, 6) is 0. The summed E-state index contributed by atoms with van der Waals surface area (Å²) >= 11 is 0. The van der Waals surface area contributed by atoms with Crippen molar-refractivity contribution in [1.82, 2.24) is 0 Å². The molecule has 0 aliphatic carbocycles. The van der Waals surface area contributed by atoms with Gasteiger partial charge in [0.05, 0.1) is 0 Å². The second-order valence-corrected chi connectivity index (χ2v) is 6.37. The zero-order chi connectivity index (χ0) is 16.0. The van der Waals surface area contributed by atoms with Gasteiger partial charge in [-0.3, -0.25) is 0 Å². The van der Waals surface area contributed by atoms with Crippen molar-refractivity contribution in [2.24, 2.45) is 0 Å². The molecule has 0 radical (unpaired) electrons. The average Bonchev–Trinajstić information content (AvgIpc) is 2.60. The fraction of sp³-hybridized carbons (Fsp3) is 0.130. The summed E-state index contributed by atoms with van der Waals surface area (Å²) in [4.78, 5) is 0. The summed E-state index contributed by atoms with van der Waals surface area (Å²) in [6.07, 6.45) is 0. The van der Waals surface area contributed by atoms with Gasteiger partial charge in [0.25, 0.3) is 0 Å². The van der Waals surface area contributed by atoms with Crippen LogP contribution in [0.2, 0.25) is 0 Å². The highest BCUT2D eigenvalue weighted by Gasteiger charge is 2.10. The molecule has 112 valence electrons. The smallest absolute Gasteiger partial charge is 0.0139 e. The molecule has 4 aromatic carbocycles. The van der Waals surface area contributed by atoms with E-state index in [1.807, 2.05) is 0 Å². The molecule has 0 saturated heterocycles. The lowest BCUT2D eigenvalue weighted by atomic mass is 9.90. The zero-order valence-electron chi connectivity index (χ0n) is 13.9. The third-order valence-electron chi connectivity index (χ3n) is 5.02. The maximum Gasteiger partial charge on any atom is -0.0139 e. The summed E-state index contributed by atoms with van der Waals surface area (Å²) in [6.45, 7) is 6.65. The van der Waals surface area contributed by atoms with Gasteiger partial charge >= 0.3 is 0 Å². The van der Waals surface area contributed by atoms with Crippen molar-refractivity contribution in [2.45, 2.75) is 20.8 Å². The molecule has 0 fully saturated rings. The first-order valence-electron chi connectivity index (χ1n) is 8.14. The van der Waals surface area contributed by atoms with Crippen LogP contribution in [0.1, 0.15) is 16.7 Å². The largest absolute Gasteiger partial charge is 0.0620 e. The van der Waals surface area contributed by atoms with Crippen molar-refractivity contribution in [3.05, 3.63) is 83.4 Å². The Morgan fingerprint density at radius 1 is 0.522 bits per heavy atom. The van der Waals surface area contributed by atoms with E-state index in [4.69, 9.17) is 0 Å². The van der Waals surface area contributed by atoms with Crippen LogP contribution in [0.3, 0.4) is 0 Å². The second-order valence-electron chi connectivity index (χ2n) is 6.37. The third kappa shape index (κ3) is 2.14. The van der Waals surface area contributed by atoms with Gasteiger partial charge in [-0.25, -0.2) is 0 Å². The van der Waals surface area contributed by atoms with E-state index in [1.54, 1.807) is 0 Å². The highest BCUT2D eigenvalue weighted by molar-refractivity contribution is 6.06. The molecule has 4 aromatic rings. The number of rotatable bonds is 1. The first-order valence-corrected chi connectivity index (χ1v) is 8.14. The van der Waals surface area contributed by atoms with Gasteiger partial charge in [-0.1, -0.05) is 60.7 Å². The lowest BCUT2D eigenvalue weighted by Crippen LogP contribution is -1.90. The van der Waals surface area contributed by atoms with Gasteiger partial charge in [0, 0.05) is 0 Å². The van der Waals surface area contributed by atoms with Crippen LogP contribution in [0.25, 0.3) is 32.7 Å². The number of benzene rings is 4. The Hall–Kier alpha value is -2.60. The van der Waals surface area contributed by atoms with E-state index < -0.39 is 0 Å². The molecule has 4 rings (SSSR count). The Bertz CT molecular complexity index is 1040. The molecule has 0 amide bonds. The van der Waals surface area contributed by atoms with Crippen LogP contribution in [0.4, 0.5) is 0 Å². The van der Waals surface area contributed by atoms with E-state index in [9.17, 15) is 0 Å².